The molecule has 0 amide bonds. The molecule has 4 heteroatoms. The van der Waals surface area contributed by atoms with Crippen molar-refractivity contribution in [1.82, 2.24) is 9.77 Å². The average Bonchev–Trinajstić information content (AvgIpc) is 1.86. The number of nitrogens with zero attached hydrogens (tertiary/aromatic N) is 2. The first kappa shape index (κ1) is 7.14. The van der Waals surface area contributed by atoms with Crippen LogP contribution in [0.3, 0.4) is 0 Å². The second-order valence-electron chi connectivity index (χ2n) is 0.907. The molecule has 0 saturated carbocycles. The summed E-state index contributed by atoms with van der Waals surface area (Å²) in [5.74, 6) is 0. The molecule has 7 heavy (non-hydrogen) atoms. The zero-order chi connectivity index (χ0) is 4.41. The largest absolute Gasteiger partial charge is 1.00 e. The predicted octanol–water partition coefficient (Wildman–Crippen LogP) is -2.27. The molecule has 0 N–H and O–H groups in total. The van der Waals surface area contributed by atoms with Crippen LogP contribution < -0.4 is 29.6 Å². The van der Waals surface area contributed by atoms with Crippen molar-refractivity contribution < 1.29 is 35.5 Å². The Labute approximate surface area is 64.1 Å². The number of halogens is 1. The third-order valence-corrected chi connectivity index (χ3v) is 0.472. The van der Waals surface area contributed by atoms with Gasteiger partial charge in [-0.15, -0.1) is 0 Å². The van der Waals surface area contributed by atoms with Crippen molar-refractivity contribution in [2.24, 2.45) is 0 Å². The molecule has 2 nitrogen and oxygen atoms in total. The molecule has 1 heterocycles. The van der Waals surface area contributed by atoms with E-state index in [4.69, 9.17) is 0 Å². The second-order valence-corrected chi connectivity index (χ2v) is 0.907. The van der Waals surface area contributed by atoms with E-state index in [1.165, 1.54) is 12.4 Å². The molecule has 34 valence electrons. The molecule has 0 saturated heterocycles. The van der Waals surface area contributed by atoms with Crippen LogP contribution in [-0.4, -0.2) is 9.77 Å². The summed E-state index contributed by atoms with van der Waals surface area (Å²) < 4.78 is 11.5. The molecular formula is C3H4FN2Na. The molecular weight excluding hydrogens is 106 g/mol. The van der Waals surface area contributed by atoms with Crippen LogP contribution in [0.15, 0.2) is 18.7 Å². The number of rotatable bonds is 0. The van der Waals surface area contributed by atoms with Gasteiger partial charge in [-0.25, -0.2) is 4.98 Å². The molecule has 0 aromatic carbocycles. The van der Waals surface area contributed by atoms with Crippen molar-refractivity contribution >= 4 is 0 Å². The van der Waals surface area contributed by atoms with E-state index < -0.39 is 0 Å². The number of hydrogen-bond acceptors (Lipinski definition) is 1. The number of hydrogen-bond donors (Lipinski definition) is 0. The summed E-state index contributed by atoms with van der Waals surface area (Å²) in [6, 6.07) is 0. The molecule has 0 aliphatic carbocycles. The molecule has 0 spiro atoms. The van der Waals surface area contributed by atoms with E-state index in [-0.39, 0.29) is 31.0 Å². The zero-order valence-electron chi connectivity index (χ0n) is 5.00. The van der Waals surface area contributed by atoms with Crippen LogP contribution in [0.2, 0.25) is 0 Å². The van der Waals surface area contributed by atoms with Crippen molar-refractivity contribution in [1.29, 1.82) is 0 Å². The van der Waals surface area contributed by atoms with Gasteiger partial charge in [0, 0.05) is 6.20 Å². The van der Waals surface area contributed by atoms with Crippen molar-refractivity contribution in [2.45, 2.75) is 0 Å². The first-order valence-corrected chi connectivity index (χ1v) is 1.54. The normalized spacial score (nSPS) is 7.57. The Morgan fingerprint density at radius 2 is 2.43 bits per heavy atom. The van der Waals surface area contributed by atoms with E-state index >= 15 is 0 Å². The minimum atomic E-state index is 0. The van der Waals surface area contributed by atoms with E-state index in [1.807, 2.05) is 0 Å². The minimum absolute atomic E-state index is 0. The van der Waals surface area contributed by atoms with E-state index in [0.717, 1.165) is 6.33 Å². The van der Waals surface area contributed by atoms with Gasteiger partial charge in [-0.05, 0) is 0 Å². The molecule has 0 aliphatic rings. The molecule has 0 radical (unpaired) electrons. The van der Waals surface area contributed by atoms with Gasteiger partial charge in [0.1, 0.15) is 6.33 Å². The maximum absolute atomic E-state index is 11.5. The summed E-state index contributed by atoms with van der Waals surface area (Å²) in [5.41, 5.74) is 0. The maximum atomic E-state index is 11.5. The number of aromatic nitrogens is 2. The van der Waals surface area contributed by atoms with Crippen LogP contribution >= 0.6 is 0 Å². The Hall–Kier alpha value is 0.140. The molecule has 1 aromatic rings. The third-order valence-electron chi connectivity index (χ3n) is 0.472. The molecule has 1 rings (SSSR count). The van der Waals surface area contributed by atoms with Gasteiger partial charge in [0.25, 0.3) is 0 Å². The van der Waals surface area contributed by atoms with Crippen LogP contribution in [0, 0.1) is 0 Å². The SMILES string of the molecule is Fn1ccnc1.[H-].[Na+]. The van der Waals surface area contributed by atoms with Gasteiger partial charge in [0.05, 0.1) is 6.20 Å². The molecule has 0 fully saturated rings. The van der Waals surface area contributed by atoms with Crippen LogP contribution in [0.4, 0.5) is 4.48 Å². The Morgan fingerprint density at radius 1 is 1.71 bits per heavy atom. The summed E-state index contributed by atoms with van der Waals surface area (Å²) in [6.45, 7) is 0. The van der Waals surface area contributed by atoms with Gasteiger partial charge < -0.3 is 1.43 Å². The average molecular weight is 110 g/mol. The van der Waals surface area contributed by atoms with Gasteiger partial charge in [0.2, 0.25) is 0 Å². The minimum Gasteiger partial charge on any atom is -1.00 e. The second kappa shape index (κ2) is 3.18. The van der Waals surface area contributed by atoms with E-state index in [9.17, 15) is 4.48 Å². The van der Waals surface area contributed by atoms with Crippen LogP contribution in [0.5, 0.6) is 0 Å². The van der Waals surface area contributed by atoms with Crippen molar-refractivity contribution in [2.75, 3.05) is 0 Å². The first-order chi connectivity index (χ1) is 2.89. The summed E-state index contributed by atoms with van der Waals surface area (Å²) in [6.07, 6.45) is 3.68. The van der Waals surface area contributed by atoms with Crippen LogP contribution in [0.25, 0.3) is 0 Å². The topological polar surface area (TPSA) is 17.8 Å². The summed E-state index contributed by atoms with van der Waals surface area (Å²) in [7, 11) is 0. The molecule has 0 aliphatic heterocycles. The van der Waals surface area contributed by atoms with Gasteiger partial charge in [-0.1, -0.05) is 4.48 Å². The smallest absolute Gasteiger partial charge is 1.00 e. The fraction of sp³-hybridized carbons (Fsp3) is 0. The van der Waals surface area contributed by atoms with E-state index in [2.05, 4.69) is 4.98 Å². The van der Waals surface area contributed by atoms with E-state index in [0.29, 0.717) is 4.79 Å². The van der Waals surface area contributed by atoms with Gasteiger partial charge >= 0.3 is 29.6 Å². The predicted molar refractivity (Wildman–Crippen MR) is 19.8 cm³/mol. The molecule has 0 bridgehead atoms. The van der Waals surface area contributed by atoms with Gasteiger partial charge in [-0.3, -0.25) is 0 Å². The Morgan fingerprint density at radius 3 is 2.57 bits per heavy atom. The van der Waals surface area contributed by atoms with Crippen LogP contribution in [0.1, 0.15) is 1.43 Å². The van der Waals surface area contributed by atoms with Crippen molar-refractivity contribution in [3.63, 3.8) is 0 Å². The van der Waals surface area contributed by atoms with Crippen molar-refractivity contribution in [3.05, 3.63) is 18.7 Å². The van der Waals surface area contributed by atoms with Gasteiger partial charge in [-0.2, -0.15) is 4.79 Å². The first-order valence-electron chi connectivity index (χ1n) is 1.54. The fourth-order valence-electron chi connectivity index (χ4n) is 0.243. The Balaban J connectivity index is 0. The summed E-state index contributed by atoms with van der Waals surface area (Å²) in [4.78, 5) is 3.80. The number of imidazole rings is 1. The summed E-state index contributed by atoms with van der Waals surface area (Å²) in [5, 5.41) is 0. The van der Waals surface area contributed by atoms with E-state index in [1.54, 1.807) is 0 Å². The van der Waals surface area contributed by atoms with Crippen molar-refractivity contribution in [3.8, 4) is 0 Å². The Kier molecular flexibility index (Phi) is 3.25. The Bertz CT molecular complexity index is 121. The summed E-state index contributed by atoms with van der Waals surface area (Å²) >= 11 is 0. The molecule has 0 unspecified atom stereocenters. The third kappa shape index (κ3) is 2.06. The fourth-order valence-corrected chi connectivity index (χ4v) is 0.243. The van der Waals surface area contributed by atoms with Crippen LogP contribution in [-0.2, 0) is 0 Å². The quantitative estimate of drug-likeness (QED) is 0.344. The molecule has 0 atom stereocenters. The maximum Gasteiger partial charge on any atom is 1.00 e. The van der Waals surface area contributed by atoms with Gasteiger partial charge in [0.15, 0.2) is 0 Å². The zero-order valence-corrected chi connectivity index (χ0v) is 6.00. The standard InChI is InChI=1S/C3H3FN2.Na.H/c4-6-2-1-5-3-6;;/h1-3H;;/q;+1;-1. The monoisotopic (exact) mass is 110 g/mol. The molecule has 1 aromatic heterocycles.